The average Bonchev–Trinajstić information content (AvgIpc) is 3.37. The number of aryl methyl sites for hydroxylation is 2. The number of hydrogen-bond donors (Lipinski definition) is 2. The lowest BCUT2D eigenvalue weighted by molar-refractivity contribution is 1.40. The van der Waals surface area contributed by atoms with Crippen LogP contribution in [0.3, 0.4) is 0 Å². The highest BCUT2D eigenvalue weighted by atomic mass is 14.8. The van der Waals surface area contributed by atoms with Gasteiger partial charge in [0.15, 0.2) is 0 Å². The van der Waals surface area contributed by atoms with Crippen LogP contribution in [0.25, 0.3) is 55.4 Å². The minimum absolute atomic E-state index is 1.15. The minimum atomic E-state index is 1.15. The van der Waals surface area contributed by atoms with Gasteiger partial charge >= 0.3 is 0 Å². The summed E-state index contributed by atoms with van der Waals surface area (Å²) >= 11 is 0. The van der Waals surface area contributed by atoms with E-state index < -0.39 is 0 Å². The first-order valence-electron chi connectivity index (χ1n) is 11.0. The number of aromatic amines is 2. The van der Waals surface area contributed by atoms with Gasteiger partial charge in [-0.05, 0) is 49.2 Å². The molecule has 0 unspecified atom stereocenters. The second-order valence-electron chi connectivity index (χ2n) is 8.58. The summed E-state index contributed by atoms with van der Waals surface area (Å²) in [6, 6.07) is 34.7. The number of hydrogen-bond acceptors (Lipinski definition) is 0. The van der Waals surface area contributed by atoms with Crippen molar-refractivity contribution in [2.24, 2.45) is 0 Å². The van der Waals surface area contributed by atoms with E-state index in [1.807, 2.05) is 0 Å². The van der Waals surface area contributed by atoms with Gasteiger partial charge in [-0.2, -0.15) is 0 Å². The minimum Gasteiger partial charge on any atom is -0.354 e. The Kier molecular flexibility index (Phi) is 4.26. The highest BCUT2D eigenvalue weighted by Gasteiger charge is 2.22. The fraction of sp³-hybridized carbons (Fsp3) is 0.0667. The summed E-state index contributed by atoms with van der Waals surface area (Å²) in [5.74, 6) is 0. The van der Waals surface area contributed by atoms with Gasteiger partial charge in [0.2, 0.25) is 0 Å². The fourth-order valence-corrected chi connectivity index (χ4v) is 4.84. The quantitative estimate of drug-likeness (QED) is 0.293. The van der Waals surface area contributed by atoms with E-state index in [-0.39, 0.29) is 0 Å². The zero-order valence-corrected chi connectivity index (χ0v) is 18.2. The van der Waals surface area contributed by atoms with E-state index in [4.69, 9.17) is 0 Å². The van der Waals surface area contributed by atoms with E-state index >= 15 is 0 Å². The molecule has 2 aromatic heterocycles. The van der Waals surface area contributed by atoms with Gasteiger partial charge in [-0.1, -0.05) is 83.9 Å². The van der Waals surface area contributed by atoms with Gasteiger partial charge in [-0.3, -0.25) is 0 Å². The van der Waals surface area contributed by atoms with Crippen molar-refractivity contribution in [2.45, 2.75) is 13.8 Å². The maximum atomic E-state index is 3.74. The van der Waals surface area contributed by atoms with Crippen molar-refractivity contribution in [3.05, 3.63) is 108 Å². The summed E-state index contributed by atoms with van der Waals surface area (Å²) in [4.78, 5) is 7.47. The zero-order valence-electron chi connectivity index (χ0n) is 18.2. The standard InChI is InChI=1S/C30H24N2/c1-19-9-7-11-21(17-19)29-27(23-13-3-5-15-25(23)31-29)28-24-14-4-6-16-26(24)32-30(28)22-12-8-10-20(2)18-22/h3-18,31-32H,1-2H3. The SMILES string of the molecule is Cc1cccc(-c2[nH]c3ccccc3c2-c2c(-c3cccc(C)c3)[nH]c3ccccc23)c1. The zero-order chi connectivity index (χ0) is 21.7. The number of H-pyrrole nitrogens is 2. The molecule has 0 aliphatic rings. The van der Waals surface area contributed by atoms with Crippen LogP contribution < -0.4 is 0 Å². The van der Waals surface area contributed by atoms with Crippen molar-refractivity contribution in [1.29, 1.82) is 0 Å². The molecule has 2 nitrogen and oxygen atoms in total. The Balaban J connectivity index is 1.76. The molecule has 2 heteroatoms. The summed E-state index contributed by atoms with van der Waals surface area (Å²) in [5, 5.41) is 2.48. The molecule has 154 valence electrons. The molecule has 2 heterocycles. The third-order valence-corrected chi connectivity index (χ3v) is 6.28. The summed E-state index contributed by atoms with van der Waals surface area (Å²) in [6.45, 7) is 4.30. The normalized spacial score (nSPS) is 11.4. The van der Waals surface area contributed by atoms with Crippen LogP contribution in [-0.4, -0.2) is 9.97 Å². The summed E-state index contributed by atoms with van der Waals surface area (Å²) < 4.78 is 0. The number of fused-ring (bicyclic) bond motifs is 2. The predicted molar refractivity (Wildman–Crippen MR) is 136 cm³/mol. The molecule has 4 aromatic carbocycles. The van der Waals surface area contributed by atoms with Crippen molar-refractivity contribution in [1.82, 2.24) is 9.97 Å². The van der Waals surface area contributed by atoms with Gasteiger partial charge in [0, 0.05) is 32.9 Å². The smallest absolute Gasteiger partial charge is 0.0545 e. The third-order valence-electron chi connectivity index (χ3n) is 6.28. The Hall–Kier alpha value is -4.04. The van der Waals surface area contributed by atoms with Crippen LogP contribution in [-0.2, 0) is 0 Å². The van der Waals surface area contributed by atoms with Crippen LogP contribution in [0.1, 0.15) is 11.1 Å². The molecule has 0 radical (unpaired) electrons. The Morgan fingerprint density at radius 2 is 0.906 bits per heavy atom. The average molecular weight is 413 g/mol. The molecule has 0 bridgehead atoms. The van der Waals surface area contributed by atoms with Crippen molar-refractivity contribution >= 4 is 21.8 Å². The van der Waals surface area contributed by atoms with Crippen molar-refractivity contribution < 1.29 is 0 Å². The van der Waals surface area contributed by atoms with Gasteiger partial charge < -0.3 is 9.97 Å². The van der Waals surface area contributed by atoms with Gasteiger partial charge in [-0.15, -0.1) is 0 Å². The van der Waals surface area contributed by atoms with E-state index in [9.17, 15) is 0 Å². The molecule has 0 aliphatic carbocycles. The molecule has 6 rings (SSSR count). The second-order valence-corrected chi connectivity index (χ2v) is 8.58. The molecule has 0 fully saturated rings. The Labute approximate surface area is 187 Å². The van der Waals surface area contributed by atoms with Crippen LogP contribution in [0.4, 0.5) is 0 Å². The van der Waals surface area contributed by atoms with Gasteiger partial charge in [0.1, 0.15) is 0 Å². The van der Waals surface area contributed by atoms with Crippen molar-refractivity contribution in [3.8, 4) is 33.6 Å². The highest BCUT2D eigenvalue weighted by molar-refractivity contribution is 6.14. The molecule has 0 aliphatic heterocycles. The molecule has 32 heavy (non-hydrogen) atoms. The fourth-order valence-electron chi connectivity index (χ4n) is 4.84. The van der Waals surface area contributed by atoms with E-state index in [1.54, 1.807) is 0 Å². The van der Waals surface area contributed by atoms with Crippen LogP contribution in [0.15, 0.2) is 97.1 Å². The summed E-state index contributed by atoms with van der Waals surface area (Å²) in [7, 11) is 0. The predicted octanol–water partition coefficient (Wildman–Crippen LogP) is 8.27. The van der Waals surface area contributed by atoms with Crippen LogP contribution in [0, 0.1) is 13.8 Å². The summed E-state index contributed by atoms with van der Waals surface area (Å²) in [6.07, 6.45) is 0. The monoisotopic (exact) mass is 412 g/mol. The van der Waals surface area contributed by atoms with E-state index in [0.29, 0.717) is 0 Å². The molecular formula is C30H24N2. The Morgan fingerprint density at radius 1 is 0.469 bits per heavy atom. The van der Waals surface area contributed by atoms with Gasteiger partial charge in [0.25, 0.3) is 0 Å². The number of aromatic nitrogens is 2. The molecule has 0 spiro atoms. The van der Waals surface area contributed by atoms with E-state index in [1.165, 1.54) is 44.2 Å². The Bertz CT molecular complexity index is 1470. The van der Waals surface area contributed by atoms with Crippen LogP contribution >= 0.6 is 0 Å². The van der Waals surface area contributed by atoms with E-state index in [2.05, 4.69) is 121 Å². The summed E-state index contributed by atoms with van der Waals surface area (Å²) in [5.41, 5.74) is 12.0. The lowest BCUT2D eigenvalue weighted by Gasteiger charge is -2.10. The number of rotatable bonds is 3. The van der Waals surface area contributed by atoms with Crippen molar-refractivity contribution in [2.75, 3.05) is 0 Å². The lowest BCUT2D eigenvalue weighted by atomic mass is 9.93. The molecule has 0 saturated carbocycles. The van der Waals surface area contributed by atoms with E-state index in [0.717, 1.165) is 22.4 Å². The molecule has 0 saturated heterocycles. The van der Waals surface area contributed by atoms with Gasteiger partial charge in [-0.25, -0.2) is 0 Å². The first-order valence-corrected chi connectivity index (χ1v) is 11.0. The molecule has 2 N–H and O–H groups in total. The van der Waals surface area contributed by atoms with Gasteiger partial charge in [0.05, 0.1) is 11.4 Å². The Morgan fingerprint density at radius 3 is 1.34 bits per heavy atom. The highest BCUT2D eigenvalue weighted by Crippen LogP contribution is 2.46. The topological polar surface area (TPSA) is 31.6 Å². The number of nitrogens with one attached hydrogen (secondary N) is 2. The largest absolute Gasteiger partial charge is 0.354 e. The molecular weight excluding hydrogens is 388 g/mol. The molecule has 0 amide bonds. The first kappa shape index (κ1) is 18.7. The number of benzene rings is 4. The number of para-hydroxylation sites is 2. The van der Waals surface area contributed by atoms with Crippen LogP contribution in [0.2, 0.25) is 0 Å². The maximum absolute atomic E-state index is 3.74. The van der Waals surface area contributed by atoms with Crippen LogP contribution in [0.5, 0.6) is 0 Å². The molecule has 6 aromatic rings. The third kappa shape index (κ3) is 2.96. The first-order chi connectivity index (χ1) is 15.7. The maximum Gasteiger partial charge on any atom is 0.0545 e. The lowest BCUT2D eigenvalue weighted by Crippen LogP contribution is -1.87. The second kappa shape index (κ2) is 7.28. The van der Waals surface area contributed by atoms with Crippen molar-refractivity contribution in [3.63, 3.8) is 0 Å². The molecule has 0 atom stereocenters.